The second-order valence-electron chi connectivity index (χ2n) is 3.35. The largest absolute Gasteiger partial charge is 0.493 e. The molecule has 0 fully saturated rings. The Balaban J connectivity index is 2.46. The summed E-state index contributed by atoms with van der Waals surface area (Å²) in [4.78, 5) is 4.17. The summed E-state index contributed by atoms with van der Waals surface area (Å²) in [7, 11) is 1.76. The minimum absolute atomic E-state index is 0.390. The predicted molar refractivity (Wildman–Crippen MR) is 62.0 cm³/mol. The standard InChI is InChI=1S/C11H14N4O/c1-3-16-9-7-5-4-6-8(9)10-13-11(12)15(2)14-10/h4-7H,3H2,1-2H3,(H2,12,13,14). The lowest BCUT2D eigenvalue weighted by Gasteiger charge is -2.06. The third kappa shape index (κ3) is 1.84. The van der Waals surface area contributed by atoms with E-state index in [-0.39, 0.29) is 0 Å². The lowest BCUT2D eigenvalue weighted by molar-refractivity contribution is 0.341. The van der Waals surface area contributed by atoms with Crippen LogP contribution in [0.15, 0.2) is 24.3 Å². The molecule has 1 aromatic heterocycles. The summed E-state index contributed by atoms with van der Waals surface area (Å²) >= 11 is 0. The smallest absolute Gasteiger partial charge is 0.218 e. The van der Waals surface area contributed by atoms with Crippen molar-refractivity contribution in [1.29, 1.82) is 0 Å². The Hall–Kier alpha value is -2.04. The maximum Gasteiger partial charge on any atom is 0.218 e. The summed E-state index contributed by atoms with van der Waals surface area (Å²) in [6.45, 7) is 2.55. The van der Waals surface area contributed by atoms with Crippen molar-refractivity contribution in [1.82, 2.24) is 14.8 Å². The van der Waals surface area contributed by atoms with Crippen LogP contribution in [-0.4, -0.2) is 21.4 Å². The molecule has 0 aliphatic heterocycles. The van der Waals surface area contributed by atoms with Gasteiger partial charge in [0.05, 0.1) is 12.2 Å². The van der Waals surface area contributed by atoms with E-state index in [1.54, 1.807) is 7.05 Å². The SMILES string of the molecule is CCOc1ccccc1-c1nc(N)n(C)n1. The van der Waals surface area contributed by atoms with Crippen LogP contribution in [0.5, 0.6) is 5.75 Å². The number of nitrogens with zero attached hydrogens (tertiary/aromatic N) is 3. The first-order valence-corrected chi connectivity index (χ1v) is 5.11. The molecule has 5 heteroatoms. The summed E-state index contributed by atoms with van der Waals surface area (Å²) in [5.41, 5.74) is 6.51. The first-order chi connectivity index (χ1) is 7.72. The molecule has 0 aliphatic rings. The maximum atomic E-state index is 5.65. The second kappa shape index (κ2) is 4.22. The van der Waals surface area contributed by atoms with Crippen molar-refractivity contribution < 1.29 is 4.74 Å². The van der Waals surface area contributed by atoms with Gasteiger partial charge in [0.25, 0.3) is 0 Å². The highest BCUT2D eigenvalue weighted by Gasteiger charge is 2.11. The molecule has 0 radical (unpaired) electrons. The van der Waals surface area contributed by atoms with Crippen LogP contribution in [0.25, 0.3) is 11.4 Å². The molecule has 0 unspecified atom stereocenters. The van der Waals surface area contributed by atoms with Gasteiger partial charge in [0.2, 0.25) is 5.95 Å². The molecule has 5 nitrogen and oxygen atoms in total. The molecule has 0 amide bonds. The highest BCUT2D eigenvalue weighted by Crippen LogP contribution is 2.27. The van der Waals surface area contributed by atoms with Crippen LogP contribution in [0.1, 0.15) is 6.92 Å². The monoisotopic (exact) mass is 218 g/mol. The number of hydrogen-bond donors (Lipinski definition) is 1. The van der Waals surface area contributed by atoms with E-state index >= 15 is 0 Å². The number of hydrogen-bond acceptors (Lipinski definition) is 4. The molecule has 0 bridgehead atoms. The third-order valence-electron chi connectivity index (χ3n) is 2.22. The molecular weight excluding hydrogens is 204 g/mol. The summed E-state index contributed by atoms with van der Waals surface area (Å²) in [6.07, 6.45) is 0. The number of anilines is 1. The maximum absolute atomic E-state index is 5.65. The lowest BCUT2D eigenvalue weighted by atomic mass is 10.2. The van der Waals surface area contributed by atoms with Crippen LogP contribution in [0.4, 0.5) is 5.95 Å². The van der Waals surface area contributed by atoms with E-state index in [0.29, 0.717) is 18.4 Å². The van der Waals surface area contributed by atoms with Gasteiger partial charge in [-0.25, -0.2) is 4.68 Å². The molecule has 1 aromatic carbocycles. The van der Waals surface area contributed by atoms with E-state index in [9.17, 15) is 0 Å². The van der Waals surface area contributed by atoms with Gasteiger partial charge < -0.3 is 10.5 Å². The van der Waals surface area contributed by atoms with Crippen molar-refractivity contribution in [3.63, 3.8) is 0 Å². The number of para-hydroxylation sites is 1. The third-order valence-corrected chi connectivity index (χ3v) is 2.22. The molecule has 0 aliphatic carbocycles. The predicted octanol–water partition coefficient (Wildman–Crippen LogP) is 1.46. The normalized spacial score (nSPS) is 10.4. The molecule has 1 heterocycles. The number of benzene rings is 1. The van der Waals surface area contributed by atoms with Crippen LogP contribution in [0.2, 0.25) is 0 Å². The molecule has 0 saturated carbocycles. The van der Waals surface area contributed by atoms with E-state index < -0.39 is 0 Å². The van der Waals surface area contributed by atoms with Gasteiger partial charge in [0.1, 0.15) is 5.75 Å². The van der Waals surface area contributed by atoms with E-state index in [1.165, 1.54) is 4.68 Å². The fourth-order valence-electron chi connectivity index (χ4n) is 1.44. The quantitative estimate of drug-likeness (QED) is 0.847. The van der Waals surface area contributed by atoms with Gasteiger partial charge >= 0.3 is 0 Å². The van der Waals surface area contributed by atoms with Crippen molar-refractivity contribution >= 4 is 5.95 Å². The molecule has 0 atom stereocenters. The Morgan fingerprint density at radius 3 is 2.75 bits per heavy atom. The van der Waals surface area contributed by atoms with Crippen molar-refractivity contribution in [3.05, 3.63) is 24.3 Å². The Bertz CT molecular complexity index is 473. The summed E-state index contributed by atoms with van der Waals surface area (Å²) in [5, 5.41) is 4.22. The number of aromatic nitrogens is 3. The van der Waals surface area contributed by atoms with E-state index in [1.807, 2.05) is 31.2 Å². The van der Waals surface area contributed by atoms with Crippen LogP contribution in [0.3, 0.4) is 0 Å². The molecule has 2 rings (SSSR count). The zero-order valence-electron chi connectivity index (χ0n) is 9.34. The molecule has 16 heavy (non-hydrogen) atoms. The van der Waals surface area contributed by atoms with Gasteiger partial charge in [-0.2, -0.15) is 4.98 Å². The minimum atomic E-state index is 0.390. The molecule has 2 N–H and O–H groups in total. The number of ether oxygens (including phenoxy) is 1. The Kier molecular flexibility index (Phi) is 2.76. The zero-order valence-corrected chi connectivity index (χ0v) is 9.34. The van der Waals surface area contributed by atoms with E-state index in [2.05, 4.69) is 10.1 Å². The number of nitrogens with two attached hydrogens (primary N) is 1. The van der Waals surface area contributed by atoms with Crippen LogP contribution >= 0.6 is 0 Å². The highest BCUT2D eigenvalue weighted by atomic mass is 16.5. The van der Waals surface area contributed by atoms with Gasteiger partial charge in [0, 0.05) is 7.05 Å². The topological polar surface area (TPSA) is 66.0 Å². The van der Waals surface area contributed by atoms with Crippen molar-refractivity contribution in [2.75, 3.05) is 12.3 Å². The fourth-order valence-corrected chi connectivity index (χ4v) is 1.44. The van der Waals surface area contributed by atoms with E-state index in [4.69, 9.17) is 10.5 Å². The molecule has 0 saturated heterocycles. The average Bonchev–Trinajstić information content (AvgIpc) is 2.60. The van der Waals surface area contributed by atoms with Gasteiger partial charge in [-0.1, -0.05) is 12.1 Å². The van der Waals surface area contributed by atoms with Gasteiger partial charge in [-0.05, 0) is 19.1 Å². The fraction of sp³-hybridized carbons (Fsp3) is 0.273. The van der Waals surface area contributed by atoms with Gasteiger partial charge in [0.15, 0.2) is 5.82 Å². The van der Waals surface area contributed by atoms with Crippen molar-refractivity contribution in [3.8, 4) is 17.1 Å². The highest BCUT2D eigenvalue weighted by molar-refractivity contribution is 5.64. The summed E-state index contributed by atoms with van der Waals surface area (Å²) in [5.74, 6) is 1.75. The van der Waals surface area contributed by atoms with Crippen LogP contribution in [-0.2, 0) is 7.05 Å². The Morgan fingerprint density at radius 1 is 1.38 bits per heavy atom. The van der Waals surface area contributed by atoms with Crippen molar-refractivity contribution in [2.24, 2.45) is 7.05 Å². The molecule has 0 spiro atoms. The second-order valence-corrected chi connectivity index (χ2v) is 3.35. The summed E-state index contributed by atoms with van der Waals surface area (Å²) < 4.78 is 7.05. The summed E-state index contributed by atoms with van der Waals surface area (Å²) in [6, 6.07) is 7.65. The molecule has 2 aromatic rings. The number of nitrogen functional groups attached to an aromatic ring is 1. The first-order valence-electron chi connectivity index (χ1n) is 5.11. The first kappa shape index (κ1) is 10.5. The number of aryl methyl sites for hydroxylation is 1. The van der Waals surface area contributed by atoms with Gasteiger partial charge in [-0.3, -0.25) is 0 Å². The molecule has 84 valence electrons. The Labute approximate surface area is 93.9 Å². The van der Waals surface area contributed by atoms with Crippen LogP contribution < -0.4 is 10.5 Å². The van der Waals surface area contributed by atoms with Crippen molar-refractivity contribution in [2.45, 2.75) is 6.92 Å². The van der Waals surface area contributed by atoms with Gasteiger partial charge in [-0.15, -0.1) is 5.10 Å². The Morgan fingerprint density at radius 2 is 2.12 bits per heavy atom. The zero-order chi connectivity index (χ0) is 11.5. The minimum Gasteiger partial charge on any atom is -0.493 e. The van der Waals surface area contributed by atoms with Crippen LogP contribution in [0, 0.1) is 0 Å². The average molecular weight is 218 g/mol. The lowest BCUT2D eigenvalue weighted by Crippen LogP contribution is -1.97. The molecular formula is C11H14N4O. The number of rotatable bonds is 3. The van der Waals surface area contributed by atoms with E-state index in [0.717, 1.165) is 11.3 Å².